The molecule has 0 bridgehead atoms. The van der Waals surface area contributed by atoms with Crippen LogP contribution in [0.2, 0.25) is 0 Å². The molecule has 26 valence electrons. The van der Waals surface area contributed by atoms with Gasteiger partial charge in [0, 0.05) is 0 Å². The fraction of sp³-hybridized carbons (Fsp3) is 1.00. The third-order valence-electron chi connectivity index (χ3n) is 0.0833. The summed E-state index contributed by atoms with van der Waals surface area (Å²) in [7, 11) is 3.25. The summed E-state index contributed by atoms with van der Waals surface area (Å²) in [5.74, 6) is 1.08. The molecule has 0 fully saturated rings. The monoisotopic (exact) mass is 111 g/mol. The summed E-state index contributed by atoms with van der Waals surface area (Å²) in [5.41, 5.74) is 0. The van der Waals surface area contributed by atoms with Crippen LogP contribution in [0.1, 0.15) is 0 Å². The van der Waals surface area contributed by atoms with Crippen LogP contribution in [0.15, 0.2) is 0 Å². The van der Waals surface area contributed by atoms with Gasteiger partial charge in [-0.15, -0.1) is 9.24 Å². The summed E-state index contributed by atoms with van der Waals surface area (Å²) < 4.78 is 0. The van der Waals surface area contributed by atoms with Crippen molar-refractivity contribution in [3.05, 3.63) is 0 Å². The Morgan fingerprint density at radius 3 is 2.25 bits per heavy atom. The highest BCUT2D eigenvalue weighted by Crippen LogP contribution is 2.05. The molecule has 0 heterocycles. The van der Waals surface area contributed by atoms with Crippen LogP contribution in [-0.4, -0.2) is 5.90 Å². The van der Waals surface area contributed by atoms with E-state index >= 15 is 0 Å². The molecule has 2 unspecified atom stereocenters. The quantitative estimate of drug-likeness (QED) is 0.358. The van der Waals surface area contributed by atoms with E-state index in [2.05, 4.69) is 21.5 Å². The lowest BCUT2D eigenvalue weighted by Crippen LogP contribution is -1.34. The Balaban J connectivity index is 1.97. The van der Waals surface area contributed by atoms with Crippen molar-refractivity contribution in [3.63, 3.8) is 0 Å². The molecule has 0 radical (unpaired) electrons. The molecule has 0 aliphatic carbocycles. The molecule has 0 amide bonds. The zero-order chi connectivity index (χ0) is 3.41. The molecule has 4 heavy (non-hydrogen) atoms. The molecule has 0 nitrogen and oxygen atoms in total. The third kappa shape index (κ3) is 3.21. The minimum atomic E-state index is 0.687. The van der Waals surface area contributed by atoms with E-state index in [4.69, 9.17) is 0 Å². The van der Waals surface area contributed by atoms with Crippen molar-refractivity contribution in [3.8, 4) is 0 Å². The second kappa shape index (κ2) is 4.21. The van der Waals surface area contributed by atoms with Crippen LogP contribution in [0.5, 0.6) is 0 Å². The van der Waals surface area contributed by atoms with Gasteiger partial charge in [-0.1, -0.05) is 0 Å². The summed E-state index contributed by atoms with van der Waals surface area (Å²) in [6, 6.07) is 0. The second-order valence-corrected chi connectivity index (χ2v) is 3.14. The fourth-order valence-electron chi connectivity index (χ4n) is 0. The minimum absolute atomic E-state index is 0.687. The van der Waals surface area contributed by atoms with Gasteiger partial charge in [0.15, 0.2) is 0 Å². The van der Waals surface area contributed by atoms with Gasteiger partial charge in [0.25, 0.3) is 0 Å². The maximum absolute atomic E-state index is 4.56. The van der Waals surface area contributed by atoms with Gasteiger partial charge in [0.05, 0.1) is 0 Å². The Bertz CT molecular complexity index is 8.00. The first-order valence-corrected chi connectivity index (χ1v) is 4.12. The van der Waals surface area contributed by atoms with Crippen molar-refractivity contribution in [2.24, 2.45) is 0 Å². The molecule has 0 aromatic carbocycles. The van der Waals surface area contributed by atoms with Crippen LogP contribution in [0.25, 0.3) is 0 Å². The van der Waals surface area contributed by atoms with E-state index < -0.39 is 0 Å². The molecule has 2 atom stereocenters. The van der Waals surface area contributed by atoms with E-state index in [0.717, 1.165) is 5.90 Å². The first kappa shape index (κ1) is 5.21. The zero-order valence-corrected chi connectivity index (χ0v) is 5.16. The smallest absolute Gasteiger partial charge is 0.0428 e. The van der Waals surface area contributed by atoms with Crippen LogP contribution in [-0.2, 0) is 12.2 Å². The molecule has 0 rings (SSSR count). The highest BCUT2D eigenvalue weighted by Gasteiger charge is 1.42. The van der Waals surface area contributed by atoms with Gasteiger partial charge in [0.2, 0.25) is 0 Å². The van der Waals surface area contributed by atoms with Crippen molar-refractivity contribution in [2.75, 3.05) is 5.90 Å². The number of hydrogen-bond acceptors (Lipinski definition) is 1. The van der Waals surface area contributed by atoms with Crippen LogP contribution < -0.4 is 0 Å². The lowest BCUT2D eigenvalue weighted by atomic mass is 11.9. The summed E-state index contributed by atoms with van der Waals surface area (Å²) in [6.45, 7) is 0. The highest BCUT2D eigenvalue weighted by atomic mass is 32.7. The van der Waals surface area contributed by atoms with E-state index in [0.29, 0.717) is 7.78 Å². The van der Waals surface area contributed by atoms with Crippen molar-refractivity contribution in [1.29, 1.82) is 0 Å². The van der Waals surface area contributed by atoms with E-state index in [1.807, 2.05) is 0 Å². The first-order chi connectivity index (χ1) is 1.91. The second-order valence-electron chi connectivity index (χ2n) is 0.348. The average Bonchev–Trinajstić information content (AvgIpc) is 1.37. The van der Waals surface area contributed by atoms with Gasteiger partial charge in [-0.25, -0.2) is 0 Å². The Hall–Kier alpha value is 1.21. The van der Waals surface area contributed by atoms with E-state index in [-0.39, 0.29) is 0 Å². The number of rotatable bonds is 1. The SMILES string of the molecule is PCP[S-]. The van der Waals surface area contributed by atoms with E-state index in [9.17, 15) is 0 Å². The van der Waals surface area contributed by atoms with Gasteiger partial charge < -0.3 is 12.2 Å². The molecular formula is CH5P2S-. The predicted octanol–water partition coefficient (Wildman–Crippen LogP) is 0.959. The highest BCUT2D eigenvalue weighted by molar-refractivity contribution is 8.26. The summed E-state index contributed by atoms with van der Waals surface area (Å²) in [6.07, 6.45) is 0. The van der Waals surface area contributed by atoms with Gasteiger partial charge >= 0.3 is 0 Å². The molecule has 0 saturated carbocycles. The van der Waals surface area contributed by atoms with Gasteiger partial charge in [-0.2, -0.15) is 0 Å². The predicted molar refractivity (Wildman–Crippen MR) is 30.3 cm³/mol. The van der Waals surface area contributed by atoms with Crippen molar-refractivity contribution >= 4 is 29.3 Å². The Labute approximate surface area is 35.9 Å². The van der Waals surface area contributed by atoms with E-state index in [1.165, 1.54) is 0 Å². The topological polar surface area (TPSA) is 0 Å². The van der Waals surface area contributed by atoms with Crippen molar-refractivity contribution < 1.29 is 0 Å². The summed E-state index contributed by atoms with van der Waals surface area (Å²) in [4.78, 5) is 0. The first-order valence-electron chi connectivity index (χ1n) is 0.966. The third-order valence-corrected chi connectivity index (χ3v) is 2.25. The largest absolute Gasteiger partial charge is 0.761 e. The van der Waals surface area contributed by atoms with Gasteiger partial charge in [-0.05, 0) is 5.90 Å². The average molecular weight is 111 g/mol. The molecule has 0 aromatic rings. The van der Waals surface area contributed by atoms with Crippen molar-refractivity contribution in [1.82, 2.24) is 0 Å². The summed E-state index contributed by atoms with van der Waals surface area (Å²) >= 11 is 4.56. The normalized spacial score (nSPS) is 10.5. The molecule has 0 N–H and O–H groups in total. The lowest BCUT2D eigenvalue weighted by molar-refractivity contribution is 2.31. The van der Waals surface area contributed by atoms with Crippen molar-refractivity contribution in [2.45, 2.75) is 0 Å². The molecule has 0 aliphatic heterocycles. The Morgan fingerprint density at radius 2 is 2.25 bits per heavy atom. The maximum Gasteiger partial charge on any atom is -0.0428 e. The molecule has 0 spiro atoms. The molecule has 0 saturated heterocycles. The number of hydrogen-bond donors (Lipinski definition) is 0. The standard InChI is InChI=1S/CH5P2S/c2-1-3-4/h3H,1-2H2/q-1. The van der Waals surface area contributed by atoms with Crippen LogP contribution in [0.4, 0.5) is 0 Å². The Kier molecular flexibility index (Phi) is 5.48. The lowest BCUT2D eigenvalue weighted by Gasteiger charge is -1.91. The van der Waals surface area contributed by atoms with Crippen LogP contribution in [0, 0.1) is 0 Å². The zero-order valence-electron chi connectivity index (χ0n) is 2.19. The molecular weight excluding hydrogens is 106 g/mol. The fourth-order valence-corrected chi connectivity index (χ4v) is 0. The molecule has 0 aliphatic rings. The van der Waals surface area contributed by atoms with Crippen LogP contribution >= 0.6 is 17.0 Å². The molecule has 3 heteroatoms. The minimum Gasteiger partial charge on any atom is -0.761 e. The van der Waals surface area contributed by atoms with Gasteiger partial charge in [-0.3, -0.25) is 7.78 Å². The van der Waals surface area contributed by atoms with E-state index in [1.54, 1.807) is 0 Å². The Morgan fingerprint density at radius 1 is 2.00 bits per heavy atom. The summed E-state index contributed by atoms with van der Waals surface area (Å²) in [5, 5.41) is 0. The van der Waals surface area contributed by atoms with Crippen LogP contribution in [0.3, 0.4) is 0 Å². The maximum atomic E-state index is 4.56. The van der Waals surface area contributed by atoms with Gasteiger partial charge in [0.1, 0.15) is 0 Å². The molecule has 0 aromatic heterocycles.